The Balaban J connectivity index is 1.62. The normalized spacial score (nSPS) is 20.7. The summed E-state index contributed by atoms with van der Waals surface area (Å²) >= 11 is 0. The Morgan fingerprint density at radius 3 is 2.79 bits per heavy atom. The first kappa shape index (κ1) is 14.8. The first-order chi connectivity index (χ1) is 11.6. The summed E-state index contributed by atoms with van der Waals surface area (Å²) in [4.78, 5) is 19.2. The Morgan fingerprint density at radius 1 is 1.21 bits per heavy atom. The zero-order valence-electron chi connectivity index (χ0n) is 13.5. The van der Waals surface area contributed by atoms with E-state index in [1.807, 2.05) is 42.3 Å². The van der Waals surface area contributed by atoms with Gasteiger partial charge in [0.15, 0.2) is 5.65 Å². The Bertz CT molecular complexity index is 889. The average Bonchev–Trinajstić information content (AvgIpc) is 3.18. The third kappa shape index (κ3) is 2.45. The fourth-order valence-electron chi connectivity index (χ4n) is 3.33. The van der Waals surface area contributed by atoms with Crippen LogP contribution < -0.4 is 5.73 Å². The van der Waals surface area contributed by atoms with Crippen LogP contribution in [0.4, 0.5) is 0 Å². The van der Waals surface area contributed by atoms with Crippen LogP contribution in [0.3, 0.4) is 0 Å². The van der Waals surface area contributed by atoms with E-state index in [1.54, 1.807) is 10.7 Å². The van der Waals surface area contributed by atoms with Crippen LogP contribution in [-0.4, -0.2) is 44.5 Å². The van der Waals surface area contributed by atoms with E-state index in [1.165, 1.54) is 5.56 Å². The van der Waals surface area contributed by atoms with Gasteiger partial charge in [-0.2, -0.15) is 5.10 Å². The SMILES string of the molecule is Cc1ccn2ncc(C(=O)N3C[C@@H](N)[C@H](c4ccccc4)C3)c2n1. The molecule has 0 unspecified atom stereocenters. The van der Waals surface area contributed by atoms with Crippen molar-refractivity contribution < 1.29 is 4.79 Å². The minimum absolute atomic E-state index is 0.0584. The van der Waals surface area contributed by atoms with Gasteiger partial charge >= 0.3 is 0 Å². The number of rotatable bonds is 2. The summed E-state index contributed by atoms with van der Waals surface area (Å²) in [5.74, 6) is 0.101. The molecule has 6 nitrogen and oxygen atoms in total. The molecule has 0 spiro atoms. The lowest BCUT2D eigenvalue weighted by Crippen LogP contribution is -2.32. The number of fused-ring (bicyclic) bond motifs is 1. The molecule has 3 heterocycles. The number of nitrogens with two attached hydrogens (primary N) is 1. The second-order valence-corrected chi connectivity index (χ2v) is 6.29. The Kier molecular flexibility index (Phi) is 3.54. The van der Waals surface area contributed by atoms with Gasteiger partial charge in [0.2, 0.25) is 0 Å². The number of hydrogen-bond acceptors (Lipinski definition) is 4. The molecule has 0 bridgehead atoms. The van der Waals surface area contributed by atoms with Crippen molar-refractivity contribution in [3.63, 3.8) is 0 Å². The fraction of sp³-hybridized carbons (Fsp3) is 0.278. The van der Waals surface area contributed by atoms with E-state index in [0.717, 1.165) is 5.69 Å². The van der Waals surface area contributed by atoms with E-state index in [2.05, 4.69) is 22.2 Å². The molecule has 6 heteroatoms. The molecule has 2 N–H and O–H groups in total. The molecule has 1 amide bonds. The number of carbonyl (C=O) groups excluding carboxylic acids is 1. The zero-order valence-corrected chi connectivity index (χ0v) is 13.5. The molecule has 1 aliphatic heterocycles. The van der Waals surface area contributed by atoms with Crippen LogP contribution in [0.1, 0.15) is 27.5 Å². The van der Waals surface area contributed by atoms with Crippen molar-refractivity contribution in [2.45, 2.75) is 18.9 Å². The summed E-state index contributed by atoms with van der Waals surface area (Å²) in [7, 11) is 0. The summed E-state index contributed by atoms with van der Waals surface area (Å²) in [6, 6.07) is 11.9. The minimum atomic E-state index is -0.0621. The van der Waals surface area contributed by atoms with Crippen molar-refractivity contribution >= 4 is 11.6 Å². The standard InChI is InChI=1S/C18H19N5O/c1-12-7-8-23-17(21-12)14(9-20-23)18(24)22-10-15(16(19)11-22)13-5-3-2-4-6-13/h2-9,15-16H,10-11,19H2,1H3/t15-,16+/m0/s1. The van der Waals surface area contributed by atoms with Crippen molar-refractivity contribution in [3.8, 4) is 0 Å². The third-order valence-corrected chi connectivity index (χ3v) is 4.62. The van der Waals surface area contributed by atoms with Crippen LogP contribution in [-0.2, 0) is 0 Å². The highest BCUT2D eigenvalue weighted by molar-refractivity contribution is 5.99. The maximum Gasteiger partial charge on any atom is 0.259 e. The highest BCUT2D eigenvalue weighted by Crippen LogP contribution is 2.27. The first-order valence-electron chi connectivity index (χ1n) is 8.04. The maximum absolute atomic E-state index is 12.9. The second-order valence-electron chi connectivity index (χ2n) is 6.29. The molecule has 1 saturated heterocycles. The van der Waals surface area contributed by atoms with E-state index in [0.29, 0.717) is 24.3 Å². The number of nitrogens with zero attached hydrogens (tertiary/aromatic N) is 4. The summed E-state index contributed by atoms with van der Waals surface area (Å²) in [6.45, 7) is 3.06. The molecule has 1 aromatic carbocycles. The van der Waals surface area contributed by atoms with Crippen LogP contribution in [0, 0.1) is 6.92 Å². The molecule has 4 rings (SSSR count). The van der Waals surface area contributed by atoms with Gasteiger partial charge in [-0.15, -0.1) is 0 Å². The van der Waals surface area contributed by atoms with Crippen LogP contribution in [0.15, 0.2) is 48.8 Å². The molecule has 122 valence electrons. The Hall–Kier alpha value is -2.73. The molecule has 2 atom stereocenters. The van der Waals surface area contributed by atoms with Crippen LogP contribution in [0.2, 0.25) is 0 Å². The van der Waals surface area contributed by atoms with Gasteiger partial charge < -0.3 is 10.6 Å². The molecule has 2 aromatic heterocycles. The lowest BCUT2D eigenvalue weighted by molar-refractivity contribution is 0.0791. The van der Waals surface area contributed by atoms with Gasteiger partial charge in [-0.1, -0.05) is 30.3 Å². The van der Waals surface area contributed by atoms with Crippen molar-refractivity contribution in [1.29, 1.82) is 0 Å². The van der Waals surface area contributed by atoms with E-state index >= 15 is 0 Å². The van der Waals surface area contributed by atoms with Gasteiger partial charge in [-0.25, -0.2) is 9.50 Å². The van der Waals surface area contributed by atoms with Crippen LogP contribution >= 0.6 is 0 Å². The van der Waals surface area contributed by atoms with Gasteiger partial charge in [0.05, 0.1) is 6.20 Å². The summed E-state index contributed by atoms with van der Waals surface area (Å²) in [6.07, 6.45) is 3.41. The number of likely N-dealkylation sites (tertiary alicyclic amines) is 1. The number of aromatic nitrogens is 3. The number of aryl methyl sites for hydroxylation is 1. The largest absolute Gasteiger partial charge is 0.336 e. The predicted octanol–water partition coefficient (Wildman–Crippen LogP) is 1.60. The van der Waals surface area contributed by atoms with Crippen LogP contribution in [0.5, 0.6) is 0 Å². The van der Waals surface area contributed by atoms with Gasteiger partial charge in [-0.3, -0.25) is 4.79 Å². The van der Waals surface area contributed by atoms with Gasteiger partial charge in [0.25, 0.3) is 5.91 Å². The number of benzene rings is 1. The van der Waals surface area contributed by atoms with Crippen LogP contribution in [0.25, 0.3) is 5.65 Å². The fourth-order valence-corrected chi connectivity index (χ4v) is 3.33. The molecule has 0 aliphatic carbocycles. The van der Waals surface area contributed by atoms with Gasteiger partial charge in [0.1, 0.15) is 5.56 Å². The minimum Gasteiger partial charge on any atom is -0.336 e. The molecule has 0 radical (unpaired) electrons. The monoisotopic (exact) mass is 321 g/mol. The smallest absolute Gasteiger partial charge is 0.259 e. The summed E-state index contributed by atoms with van der Waals surface area (Å²) in [5, 5.41) is 4.22. The molecule has 0 saturated carbocycles. The van der Waals surface area contributed by atoms with Crippen molar-refractivity contribution in [1.82, 2.24) is 19.5 Å². The first-order valence-corrected chi connectivity index (χ1v) is 8.04. The van der Waals surface area contributed by atoms with Crippen molar-refractivity contribution in [2.75, 3.05) is 13.1 Å². The number of carbonyl (C=O) groups is 1. The lowest BCUT2D eigenvalue weighted by Gasteiger charge is -2.15. The molecule has 1 aliphatic rings. The number of amides is 1. The second kappa shape index (κ2) is 5.72. The van der Waals surface area contributed by atoms with Gasteiger partial charge in [0, 0.05) is 36.9 Å². The Morgan fingerprint density at radius 2 is 2.00 bits per heavy atom. The highest BCUT2D eigenvalue weighted by atomic mass is 16.2. The van der Waals surface area contributed by atoms with Crippen molar-refractivity contribution in [2.24, 2.45) is 5.73 Å². The lowest BCUT2D eigenvalue weighted by atomic mass is 9.95. The van der Waals surface area contributed by atoms with E-state index in [-0.39, 0.29) is 17.9 Å². The molecule has 24 heavy (non-hydrogen) atoms. The maximum atomic E-state index is 12.9. The topological polar surface area (TPSA) is 76.5 Å². The molecular formula is C18H19N5O. The zero-order chi connectivity index (χ0) is 16.7. The van der Waals surface area contributed by atoms with E-state index in [9.17, 15) is 4.79 Å². The highest BCUT2D eigenvalue weighted by Gasteiger charge is 2.35. The third-order valence-electron chi connectivity index (χ3n) is 4.62. The van der Waals surface area contributed by atoms with Gasteiger partial charge in [-0.05, 0) is 18.6 Å². The quantitative estimate of drug-likeness (QED) is 0.778. The summed E-state index contributed by atoms with van der Waals surface area (Å²) in [5.41, 5.74) is 9.45. The predicted molar refractivity (Wildman–Crippen MR) is 90.8 cm³/mol. The summed E-state index contributed by atoms with van der Waals surface area (Å²) < 4.78 is 1.63. The van der Waals surface area contributed by atoms with Crippen molar-refractivity contribution in [3.05, 3.63) is 65.6 Å². The average molecular weight is 321 g/mol. The van der Waals surface area contributed by atoms with E-state index in [4.69, 9.17) is 5.73 Å². The molecule has 3 aromatic rings. The Labute approximate surface area is 139 Å². The molecule has 1 fully saturated rings. The molecular weight excluding hydrogens is 302 g/mol. The number of hydrogen-bond donors (Lipinski definition) is 1. The van der Waals surface area contributed by atoms with E-state index < -0.39 is 0 Å².